The monoisotopic (exact) mass is 610 g/mol. The number of rotatable bonds is 12. The van der Waals surface area contributed by atoms with E-state index in [0.717, 1.165) is 11.1 Å². The molecule has 0 aliphatic carbocycles. The number of halogens is 3. The molecule has 3 aromatic carbocycles. The van der Waals surface area contributed by atoms with Crippen LogP contribution in [0.4, 0.5) is 5.69 Å². The van der Waals surface area contributed by atoms with Crippen LogP contribution < -0.4 is 14.9 Å². The first-order valence-electron chi connectivity index (χ1n) is 12.0. The molecule has 1 atom stereocenters. The number of ether oxygens (including phenoxy) is 1. The number of benzene rings is 3. The van der Waals surface area contributed by atoms with Gasteiger partial charge in [-0.1, -0.05) is 54.7 Å². The Hall–Kier alpha value is -2.75. The molecule has 0 saturated heterocycles. The third kappa shape index (κ3) is 7.68. The van der Waals surface area contributed by atoms with Gasteiger partial charge in [-0.2, -0.15) is 5.90 Å². The second kappa shape index (κ2) is 14.1. The third-order valence-corrected chi connectivity index (χ3v) is 8.38. The molecule has 3 N–H and O–H groups in total. The standard InChI is InChI=1S/C28H29Cl3N2O5S/c1-4-33(39(36)21-11-8-18(9-12-21)28(34)35)26-13-10-20(15-25(26)31)37-16-19(27(38-32)17(2)3)14-22-23(29)6-5-7-24(22)30/h5-13,15,17H,4,14,16,32H2,1-3H3,(H,34,35)/b27-19+. The van der Waals surface area contributed by atoms with Crippen molar-refractivity contribution >= 4 is 57.4 Å². The Balaban J connectivity index is 1.83. The molecule has 3 rings (SSSR count). The van der Waals surface area contributed by atoms with Gasteiger partial charge in [-0.05, 0) is 61.0 Å². The van der Waals surface area contributed by atoms with Crippen molar-refractivity contribution in [3.63, 3.8) is 0 Å². The average Bonchev–Trinajstić information content (AvgIpc) is 2.90. The summed E-state index contributed by atoms with van der Waals surface area (Å²) in [4.78, 5) is 16.8. The Morgan fingerprint density at radius 2 is 1.67 bits per heavy atom. The van der Waals surface area contributed by atoms with Gasteiger partial charge < -0.3 is 14.7 Å². The maximum Gasteiger partial charge on any atom is 0.335 e. The molecular weight excluding hydrogens is 583 g/mol. The molecule has 0 fully saturated rings. The highest BCUT2D eigenvalue weighted by Crippen LogP contribution is 2.33. The first-order chi connectivity index (χ1) is 18.6. The maximum absolute atomic E-state index is 13.3. The fourth-order valence-electron chi connectivity index (χ4n) is 3.92. The van der Waals surface area contributed by atoms with Crippen LogP contribution in [0.15, 0.2) is 76.9 Å². The van der Waals surface area contributed by atoms with Crippen LogP contribution in [-0.4, -0.2) is 28.4 Å². The van der Waals surface area contributed by atoms with E-state index in [-0.39, 0.29) is 18.1 Å². The van der Waals surface area contributed by atoms with Crippen molar-refractivity contribution in [2.75, 3.05) is 17.5 Å². The number of carboxylic acids is 1. The summed E-state index contributed by atoms with van der Waals surface area (Å²) in [6.45, 7) is 6.29. The zero-order chi connectivity index (χ0) is 28.7. The van der Waals surface area contributed by atoms with Crippen LogP contribution in [0, 0.1) is 5.92 Å². The van der Waals surface area contributed by atoms with Crippen LogP contribution in [0.3, 0.4) is 0 Å². The van der Waals surface area contributed by atoms with Gasteiger partial charge in [-0.15, -0.1) is 0 Å². The number of nitrogens with two attached hydrogens (primary N) is 1. The maximum atomic E-state index is 13.3. The van der Waals surface area contributed by atoms with Crippen LogP contribution in [0.5, 0.6) is 5.75 Å². The fourth-order valence-corrected chi connectivity index (χ4v) is 5.97. The fraction of sp³-hybridized carbons (Fsp3) is 0.250. The zero-order valence-electron chi connectivity index (χ0n) is 21.6. The van der Waals surface area contributed by atoms with Gasteiger partial charge in [0, 0.05) is 40.6 Å². The summed E-state index contributed by atoms with van der Waals surface area (Å²) >= 11 is 19.4. The van der Waals surface area contributed by atoms with Crippen LogP contribution in [0.2, 0.25) is 15.1 Å². The number of aromatic carboxylic acids is 1. The lowest BCUT2D eigenvalue weighted by Gasteiger charge is -2.23. The molecule has 11 heteroatoms. The minimum absolute atomic E-state index is 0.0153. The topological polar surface area (TPSA) is 102 Å². The summed E-state index contributed by atoms with van der Waals surface area (Å²) in [7, 11) is -1.61. The molecule has 0 aromatic heterocycles. The molecule has 208 valence electrons. The number of nitrogens with zero attached hydrogens (tertiary/aromatic N) is 1. The van der Waals surface area contributed by atoms with Gasteiger partial charge in [0.1, 0.15) is 18.1 Å². The highest BCUT2D eigenvalue weighted by Gasteiger charge is 2.20. The molecule has 7 nitrogen and oxygen atoms in total. The summed E-state index contributed by atoms with van der Waals surface area (Å²) in [5, 5.41) is 10.5. The van der Waals surface area contributed by atoms with Crippen LogP contribution in [0.25, 0.3) is 0 Å². The molecule has 0 aliphatic rings. The number of carboxylic acid groups (broad SMARTS) is 1. The molecule has 0 saturated carbocycles. The summed E-state index contributed by atoms with van der Waals surface area (Å²) in [6, 6.07) is 16.3. The molecule has 0 radical (unpaired) electrons. The quantitative estimate of drug-likeness (QED) is 0.164. The van der Waals surface area contributed by atoms with E-state index in [1.54, 1.807) is 40.7 Å². The molecule has 0 aliphatic heterocycles. The first kappa shape index (κ1) is 30.8. The van der Waals surface area contributed by atoms with Gasteiger partial charge >= 0.3 is 5.97 Å². The number of anilines is 1. The smallest absolute Gasteiger partial charge is 0.335 e. The van der Waals surface area contributed by atoms with Gasteiger partial charge in [-0.3, -0.25) is 4.31 Å². The van der Waals surface area contributed by atoms with E-state index in [0.29, 0.717) is 50.1 Å². The Bertz CT molecular complexity index is 1360. The van der Waals surface area contributed by atoms with Crippen molar-refractivity contribution in [3.05, 3.63) is 98.2 Å². The van der Waals surface area contributed by atoms with E-state index in [9.17, 15) is 9.00 Å². The Morgan fingerprint density at radius 3 is 2.18 bits per heavy atom. The molecule has 39 heavy (non-hydrogen) atoms. The van der Waals surface area contributed by atoms with E-state index < -0.39 is 17.0 Å². The van der Waals surface area contributed by atoms with Gasteiger partial charge in [0.2, 0.25) is 0 Å². The van der Waals surface area contributed by atoms with Crippen molar-refractivity contribution in [1.82, 2.24) is 0 Å². The molecule has 1 unspecified atom stereocenters. The van der Waals surface area contributed by atoms with E-state index in [2.05, 4.69) is 0 Å². The summed E-state index contributed by atoms with van der Waals surface area (Å²) in [5.74, 6) is 5.59. The largest absolute Gasteiger partial charge is 0.489 e. The molecule has 0 bridgehead atoms. The van der Waals surface area contributed by atoms with Crippen molar-refractivity contribution < 1.29 is 23.7 Å². The number of hydrogen-bond acceptors (Lipinski definition) is 5. The lowest BCUT2D eigenvalue weighted by Crippen LogP contribution is -2.25. The minimum Gasteiger partial charge on any atom is -0.489 e. The van der Waals surface area contributed by atoms with E-state index in [1.165, 1.54) is 24.3 Å². The Morgan fingerprint density at radius 1 is 1.03 bits per heavy atom. The van der Waals surface area contributed by atoms with Crippen molar-refractivity contribution in [2.24, 2.45) is 11.8 Å². The van der Waals surface area contributed by atoms with Gasteiger partial charge in [0.05, 0.1) is 21.2 Å². The molecule has 0 spiro atoms. The Kier molecular flexibility index (Phi) is 11.1. The second-order valence-electron chi connectivity index (χ2n) is 8.79. The predicted octanol–water partition coefficient (Wildman–Crippen LogP) is 7.32. The van der Waals surface area contributed by atoms with Gasteiger partial charge in [-0.25, -0.2) is 9.00 Å². The molecule has 0 amide bonds. The lowest BCUT2D eigenvalue weighted by atomic mass is 10.00. The SMILES string of the molecule is CCN(c1ccc(OC/C(Cc2c(Cl)cccc2Cl)=C(/ON)C(C)C)cc1Cl)S(=O)c1ccc(C(=O)O)cc1. The van der Waals surface area contributed by atoms with E-state index in [4.69, 9.17) is 55.4 Å². The predicted molar refractivity (Wildman–Crippen MR) is 157 cm³/mol. The van der Waals surface area contributed by atoms with E-state index in [1.807, 2.05) is 20.8 Å². The van der Waals surface area contributed by atoms with E-state index >= 15 is 0 Å². The van der Waals surface area contributed by atoms with Crippen molar-refractivity contribution in [3.8, 4) is 5.75 Å². The number of allylic oxidation sites excluding steroid dienone is 1. The molecule has 3 aromatic rings. The first-order valence-corrected chi connectivity index (χ1v) is 14.3. The van der Waals surface area contributed by atoms with Crippen molar-refractivity contribution in [1.29, 1.82) is 0 Å². The highest BCUT2D eigenvalue weighted by molar-refractivity contribution is 7.86. The van der Waals surface area contributed by atoms with Gasteiger partial charge in [0.15, 0.2) is 11.0 Å². The highest BCUT2D eigenvalue weighted by atomic mass is 35.5. The average molecular weight is 612 g/mol. The van der Waals surface area contributed by atoms with Crippen LogP contribution in [-0.2, 0) is 22.2 Å². The third-order valence-electron chi connectivity index (χ3n) is 5.84. The van der Waals surface area contributed by atoms with Crippen LogP contribution >= 0.6 is 34.8 Å². The normalized spacial score (nSPS) is 12.6. The molecular formula is C28H29Cl3N2O5S. The number of carbonyl (C=O) groups is 1. The van der Waals surface area contributed by atoms with Crippen LogP contribution in [0.1, 0.15) is 36.7 Å². The van der Waals surface area contributed by atoms with Crippen molar-refractivity contribution in [2.45, 2.75) is 32.1 Å². The summed E-state index contributed by atoms with van der Waals surface area (Å²) in [6.07, 6.45) is 0.373. The zero-order valence-corrected chi connectivity index (χ0v) is 24.7. The Labute approximate surface area is 245 Å². The lowest BCUT2D eigenvalue weighted by molar-refractivity contribution is 0.0696. The summed E-state index contributed by atoms with van der Waals surface area (Å²) < 4.78 is 20.9. The van der Waals surface area contributed by atoms with Gasteiger partial charge in [0.25, 0.3) is 0 Å². The minimum atomic E-state index is -1.61. The number of hydrogen-bond donors (Lipinski definition) is 2. The summed E-state index contributed by atoms with van der Waals surface area (Å²) in [5.41, 5.74) is 2.16. The second-order valence-corrected chi connectivity index (χ2v) is 11.4. The molecule has 0 heterocycles.